The van der Waals surface area contributed by atoms with Gasteiger partial charge in [-0.25, -0.2) is 0 Å². The molecule has 4 nitrogen and oxygen atoms in total. The van der Waals surface area contributed by atoms with Crippen LogP contribution >= 0.6 is 0 Å². The van der Waals surface area contributed by atoms with Crippen molar-refractivity contribution in [3.05, 3.63) is 53.6 Å². The average molecular weight is 338 g/mol. The van der Waals surface area contributed by atoms with E-state index in [2.05, 4.69) is 10.5 Å². The lowest BCUT2D eigenvalue weighted by Crippen LogP contribution is -2.05. The number of methoxy groups -OCH3 is 1. The van der Waals surface area contributed by atoms with Crippen LogP contribution in [-0.2, 0) is 6.18 Å². The predicted octanol–water partition coefficient (Wildman–Crippen LogP) is 4.56. The Kier molecular flexibility index (Phi) is 5.68. The molecule has 2 aromatic rings. The van der Waals surface area contributed by atoms with Gasteiger partial charge in [-0.15, -0.1) is 0 Å². The molecule has 0 radical (unpaired) electrons. The molecule has 0 unspecified atom stereocenters. The summed E-state index contributed by atoms with van der Waals surface area (Å²) in [6.07, 6.45) is -2.90. The lowest BCUT2D eigenvalue weighted by Gasteiger charge is -2.09. The third kappa shape index (κ3) is 4.65. The zero-order chi connectivity index (χ0) is 17.6. The fraction of sp³-hybridized carbons (Fsp3) is 0.235. The van der Waals surface area contributed by atoms with Crippen LogP contribution in [0.3, 0.4) is 0 Å². The number of nitrogens with zero attached hydrogens (tertiary/aromatic N) is 1. The van der Waals surface area contributed by atoms with E-state index in [4.69, 9.17) is 9.47 Å². The van der Waals surface area contributed by atoms with Crippen LogP contribution in [0, 0.1) is 0 Å². The maximum absolute atomic E-state index is 12.6. The molecule has 0 saturated heterocycles. The van der Waals surface area contributed by atoms with Crippen LogP contribution in [0.15, 0.2) is 47.6 Å². The van der Waals surface area contributed by atoms with Crippen molar-refractivity contribution in [2.24, 2.45) is 5.10 Å². The summed E-state index contributed by atoms with van der Waals surface area (Å²) >= 11 is 0. The number of anilines is 1. The van der Waals surface area contributed by atoms with Crippen molar-refractivity contribution in [2.45, 2.75) is 13.1 Å². The summed E-state index contributed by atoms with van der Waals surface area (Å²) < 4.78 is 48.6. The molecule has 0 amide bonds. The van der Waals surface area contributed by atoms with Crippen LogP contribution in [0.5, 0.6) is 11.5 Å². The van der Waals surface area contributed by atoms with Gasteiger partial charge in [0.1, 0.15) is 0 Å². The van der Waals surface area contributed by atoms with Gasteiger partial charge >= 0.3 is 6.18 Å². The van der Waals surface area contributed by atoms with Crippen molar-refractivity contribution in [1.82, 2.24) is 0 Å². The molecule has 0 aromatic heterocycles. The van der Waals surface area contributed by atoms with Gasteiger partial charge in [0.25, 0.3) is 0 Å². The second-order valence-electron chi connectivity index (χ2n) is 4.79. The highest BCUT2D eigenvalue weighted by molar-refractivity contribution is 5.81. The van der Waals surface area contributed by atoms with Crippen LogP contribution in [0.25, 0.3) is 0 Å². The van der Waals surface area contributed by atoms with Crippen molar-refractivity contribution in [2.75, 3.05) is 19.1 Å². The molecular weight excluding hydrogens is 321 g/mol. The van der Waals surface area contributed by atoms with Gasteiger partial charge in [-0.05, 0) is 48.9 Å². The summed E-state index contributed by atoms with van der Waals surface area (Å²) in [4.78, 5) is 0. The number of ether oxygens (including phenoxy) is 2. The molecule has 2 aromatic carbocycles. The van der Waals surface area contributed by atoms with E-state index in [-0.39, 0.29) is 5.69 Å². The molecule has 0 heterocycles. The highest BCUT2D eigenvalue weighted by Crippen LogP contribution is 2.30. The number of halogens is 3. The second-order valence-corrected chi connectivity index (χ2v) is 4.79. The van der Waals surface area contributed by atoms with Crippen LogP contribution in [0.1, 0.15) is 18.1 Å². The largest absolute Gasteiger partial charge is 0.493 e. The Balaban J connectivity index is 2.09. The highest BCUT2D eigenvalue weighted by Gasteiger charge is 2.30. The first kappa shape index (κ1) is 17.7. The number of hydrogen-bond acceptors (Lipinski definition) is 4. The first-order valence-corrected chi connectivity index (χ1v) is 7.21. The minimum absolute atomic E-state index is 0.249. The normalized spacial score (nSPS) is 11.5. The van der Waals surface area contributed by atoms with Crippen LogP contribution in [-0.4, -0.2) is 19.9 Å². The van der Waals surface area contributed by atoms with Crippen molar-refractivity contribution >= 4 is 11.9 Å². The SMILES string of the molecule is CCOc1ccc(C=NNc2cccc(C(F)(F)F)c2)cc1OC. The summed E-state index contributed by atoms with van der Waals surface area (Å²) in [7, 11) is 1.53. The molecule has 0 aliphatic carbocycles. The third-order valence-electron chi connectivity index (χ3n) is 3.08. The summed E-state index contributed by atoms with van der Waals surface area (Å²) in [5, 5.41) is 3.95. The van der Waals surface area contributed by atoms with Crippen LogP contribution in [0.2, 0.25) is 0 Å². The standard InChI is InChI=1S/C17H17F3N2O2/c1-3-24-15-8-7-12(9-16(15)23-2)11-21-22-14-6-4-5-13(10-14)17(18,19)20/h4-11,22H,3H2,1-2H3. The molecule has 7 heteroatoms. The Hall–Kier alpha value is -2.70. The number of benzene rings is 2. The Morgan fingerprint density at radius 3 is 2.58 bits per heavy atom. The third-order valence-corrected chi connectivity index (χ3v) is 3.08. The number of rotatable bonds is 6. The lowest BCUT2D eigenvalue weighted by atomic mass is 10.2. The van der Waals surface area contributed by atoms with E-state index in [1.54, 1.807) is 18.2 Å². The number of hydrazone groups is 1. The van der Waals surface area contributed by atoms with Gasteiger partial charge in [0.15, 0.2) is 11.5 Å². The zero-order valence-corrected chi connectivity index (χ0v) is 13.2. The van der Waals surface area contributed by atoms with Crippen molar-refractivity contribution < 1.29 is 22.6 Å². The quantitative estimate of drug-likeness (QED) is 0.620. The monoisotopic (exact) mass is 338 g/mol. The van der Waals surface area contributed by atoms with Crippen LogP contribution < -0.4 is 14.9 Å². The van der Waals surface area contributed by atoms with Gasteiger partial charge in [0, 0.05) is 0 Å². The topological polar surface area (TPSA) is 42.8 Å². The molecule has 0 aliphatic rings. The fourth-order valence-electron chi connectivity index (χ4n) is 1.99. The maximum atomic E-state index is 12.6. The van der Waals surface area contributed by atoms with Crippen molar-refractivity contribution in [3.8, 4) is 11.5 Å². The highest BCUT2D eigenvalue weighted by atomic mass is 19.4. The molecule has 128 valence electrons. The molecule has 0 aliphatic heterocycles. The molecule has 0 spiro atoms. The molecule has 2 rings (SSSR count). The molecule has 0 bridgehead atoms. The molecule has 0 saturated carbocycles. The predicted molar refractivity (Wildman–Crippen MR) is 86.8 cm³/mol. The smallest absolute Gasteiger partial charge is 0.416 e. The number of nitrogens with one attached hydrogen (secondary N) is 1. The van der Waals surface area contributed by atoms with E-state index < -0.39 is 11.7 Å². The van der Waals surface area contributed by atoms with E-state index in [9.17, 15) is 13.2 Å². The Morgan fingerprint density at radius 1 is 1.12 bits per heavy atom. The van der Waals surface area contributed by atoms with Crippen molar-refractivity contribution in [1.29, 1.82) is 0 Å². The summed E-state index contributed by atoms with van der Waals surface area (Å²) in [5.41, 5.74) is 2.82. The Morgan fingerprint density at radius 2 is 1.92 bits per heavy atom. The van der Waals surface area contributed by atoms with Crippen molar-refractivity contribution in [3.63, 3.8) is 0 Å². The minimum Gasteiger partial charge on any atom is -0.493 e. The van der Waals surface area contributed by atoms with Gasteiger partial charge in [-0.2, -0.15) is 18.3 Å². The Labute approximate surface area is 137 Å². The summed E-state index contributed by atoms with van der Waals surface area (Å²) in [6, 6.07) is 10.1. The number of alkyl halides is 3. The van der Waals surface area contributed by atoms with Gasteiger partial charge < -0.3 is 9.47 Å². The fourth-order valence-corrected chi connectivity index (χ4v) is 1.99. The van der Waals surface area contributed by atoms with E-state index in [1.165, 1.54) is 25.5 Å². The van der Waals surface area contributed by atoms with E-state index >= 15 is 0 Å². The first-order valence-electron chi connectivity index (χ1n) is 7.21. The van der Waals surface area contributed by atoms with Gasteiger partial charge in [0.2, 0.25) is 0 Å². The molecule has 24 heavy (non-hydrogen) atoms. The summed E-state index contributed by atoms with van der Waals surface area (Å²) in [5.74, 6) is 1.17. The minimum atomic E-state index is -4.39. The molecule has 0 atom stereocenters. The van der Waals surface area contributed by atoms with Crippen LogP contribution in [0.4, 0.5) is 18.9 Å². The zero-order valence-electron chi connectivity index (χ0n) is 13.2. The van der Waals surface area contributed by atoms with Gasteiger partial charge in [-0.1, -0.05) is 6.07 Å². The van der Waals surface area contributed by atoms with Gasteiger partial charge in [0.05, 0.1) is 31.2 Å². The summed E-state index contributed by atoms with van der Waals surface area (Å²) in [6.45, 7) is 2.38. The van der Waals surface area contributed by atoms with E-state index in [0.29, 0.717) is 18.1 Å². The first-order chi connectivity index (χ1) is 11.4. The average Bonchev–Trinajstić information content (AvgIpc) is 2.56. The maximum Gasteiger partial charge on any atom is 0.416 e. The lowest BCUT2D eigenvalue weighted by molar-refractivity contribution is -0.137. The molecule has 0 fully saturated rings. The Bertz CT molecular complexity index is 715. The van der Waals surface area contributed by atoms with Gasteiger partial charge in [-0.3, -0.25) is 5.43 Å². The second kappa shape index (κ2) is 7.72. The molecular formula is C17H17F3N2O2. The van der Waals surface area contributed by atoms with E-state index in [1.807, 2.05) is 6.92 Å². The van der Waals surface area contributed by atoms with E-state index in [0.717, 1.165) is 17.7 Å². The molecule has 1 N–H and O–H groups in total. The number of hydrogen-bond donors (Lipinski definition) is 1.